The fourth-order valence-electron chi connectivity index (χ4n) is 1.44. The van der Waals surface area contributed by atoms with Crippen LogP contribution in [0.2, 0.25) is 0 Å². The highest BCUT2D eigenvalue weighted by molar-refractivity contribution is 5.77. The maximum atomic E-state index is 10.8. The van der Waals surface area contributed by atoms with E-state index in [1.54, 1.807) is 7.11 Å². The number of carbonyl (C=O) groups is 1. The fourth-order valence-corrected chi connectivity index (χ4v) is 1.44. The van der Waals surface area contributed by atoms with Crippen molar-refractivity contribution in [2.75, 3.05) is 20.3 Å². The molecule has 1 saturated heterocycles. The van der Waals surface area contributed by atoms with Crippen LogP contribution >= 0.6 is 0 Å². The highest BCUT2D eigenvalue weighted by atomic mass is 16.5. The van der Waals surface area contributed by atoms with Crippen molar-refractivity contribution in [2.24, 2.45) is 0 Å². The Labute approximate surface area is 71.5 Å². The molecule has 0 saturated carbocycles. The lowest BCUT2D eigenvalue weighted by Gasteiger charge is -2.22. The smallest absolute Gasteiger partial charge is 0.336 e. The van der Waals surface area contributed by atoms with Gasteiger partial charge in [0.05, 0.1) is 0 Å². The van der Waals surface area contributed by atoms with Gasteiger partial charge in [-0.3, -0.25) is 0 Å². The van der Waals surface area contributed by atoms with Crippen LogP contribution in [0.25, 0.3) is 0 Å². The highest BCUT2D eigenvalue weighted by Crippen LogP contribution is 2.29. The van der Waals surface area contributed by atoms with Crippen LogP contribution < -0.4 is 0 Å². The van der Waals surface area contributed by atoms with Gasteiger partial charge in [-0.15, -0.1) is 0 Å². The molecule has 12 heavy (non-hydrogen) atoms. The number of carboxylic acid groups (broad SMARTS) is 1. The fraction of sp³-hybridized carbons (Fsp3) is 0.875. The van der Waals surface area contributed by atoms with E-state index < -0.39 is 11.6 Å². The van der Waals surface area contributed by atoms with Crippen molar-refractivity contribution in [3.05, 3.63) is 0 Å². The summed E-state index contributed by atoms with van der Waals surface area (Å²) in [4.78, 5) is 10.8. The average molecular weight is 174 g/mol. The largest absolute Gasteiger partial charge is 0.479 e. The third kappa shape index (κ3) is 1.76. The van der Waals surface area contributed by atoms with E-state index >= 15 is 0 Å². The van der Waals surface area contributed by atoms with E-state index in [1.165, 1.54) is 0 Å². The van der Waals surface area contributed by atoms with Gasteiger partial charge >= 0.3 is 5.97 Å². The van der Waals surface area contributed by atoms with Crippen LogP contribution in [-0.4, -0.2) is 37.0 Å². The molecule has 0 radical (unpaired) electrons. The molecule has 1 aliphatic heterocycles. The van der Waals surface area contributed by atoms with Gasteiger partial charge in [-0.2, -0.15) is 0 Å². The van der Waals surface area contributed by atoms with E-state index in [2.05, 4.69) is 0 Å². The van der Waals surface area contributed by atoms with Crippen LogP contribution in [0.1, 0.15) is 19.3 Å². The molecular formula is C8H14O4. The Kier molecular flexibility index (Phi) is 3.05. The molecule has 1 N–H and O–H groups in total. The first-order valence-corrected chi connectivity index (χ1v) is 4.07. The number of aliphatic carboxylic acids is 1. The lowest BCUT2D eigenvalue weighted by molar-refractivity contribution is -0.162. The standard InChI is InChI=1S/C8H14O4/c1-11-6-4-8(7(9)10)3-2-5-12-8/h2-6H2,1H3,(H,9,10). The summed E-state index contributed by atoms with van der Waals surface area (Å²) >= 11 is 0. The average Bonchev–Trinajstić information content (AvgIpc) is 2.50. The van der Waals surface area contributed by atoms with E-state index in [9.17, 15) is 4.79 Å². The summed E-state index contributed by atoms with van der Waals surface area (Å²) in [6.07, 6.45) is 1.88. The molecule has 0 bridgehead atoms. The van der Waals surface area contributed by atoms with Gasteiger partial charge in [0, 0.05) is 26.7 Å². The van der Waals surface area contributed by atoms with Gasteiger partial charge < -0.3 is 14.6 Å². The Bertz CT molecular complexity index is 160. The highest BCUT2D eigenvalue weighted by Gasteiger charge is 2.42. The number of ether oxygens (including phenoxy) is 2. The quantitative estimate of drug-likeness (QED) is 0.680. The minimum absolute atomic E-state index is 0.437. The van der Waals surface area contributed by atoms with Crippen molar-refractivity contribution in [2.45, 2.75) is 24.9 Å². The number of rotatable bonds is 4. The van der Waals surface area contributed by atoms with Gasteiger partial charge in [0.25, 0.3) is 0 Å². The van der Waals surface area contributed by atoms with Gasteiger partial charge in [0.15, 0.2) is 5.60 Å². The molecule has 4 nitrogen and oxygen atoms in total. The normalized spacial score (nSPS) is 29.1. The van der Waals surface area contributed by atoms with E-state index in [-0.39, 0.29) is 0 Å². The monoisotopic (exact) mass is 174 g/mol. The molecule has 0 aromatic carbocycles. The first-order valence-electron chi connectivity index (χ1n) is 4.07. The Morgan fingerprint density at radius 1 is 1.75 bits per heavy atom. The SMILES string of the molecule is COCCC1(C(=O)O)CCCO1. The lowest BCUT2D eigenvalue weighted by atomic mass is 9.97. The minimum atomic E-state index is -0.962. The van der Waals surface area contributed by atoms with Gasteiger partial charge in [0.2, 0.25) is 0 Å². The summed E-state index contributed by atoms with van der Waals surface area (Å²) in [6.45, 7) is 0.988. The van der Waals surface area contributed by atoms with Crippen LogP contribution in [-0.2, 0) is 14.3 Å². The molecule has 1 aliphatic rings. The van der Waals surface area contributed by atoms with Gasteiger partial charge in [-0.1, -0.05) is 0 Å². The van der Waals surface area contributed by atoms with E-state index in [4.69, 9.17) is 14.6 Å². The van der Waals surface area contributed by atoms with Crippen LogP contribution in [0.5, 0.6) is 0 Å². The first-order chi connectivity index (χ1) is 5.71. The van der Waals surface area contributed by atoms with Crippen molar-refractivity contribution in [1.29, 1.82) is 0 Å². The molecular weight excluding hydrogens is 160 g/mol. The molecule has 0 aliphatic carbocycles. The Morgan fingerprint density at radius 2 is 2.50 bits per heavy atom. The minimum Gasteiger partial charge on any atom is -0.479 e. The third-order valence-corrected chi connectivity index (χ3v) is 2.20. The maximum absolute atomic E-state index is 10.8. The van der Waals surface area contributed by atoms with Crippen molar-refractivity contribution in [3.8, 4) is 0 Å². The van der Waals surface area contributed by atoms with Gasteiger partial charge in [0.1, 0.15) is 0 Å². The van der Waals surface area contributed by atoms with Crippen molar-refractivity contribution in [3.63, 3.8) is 0 Å². The molecule has 0 spiro atoms. The Balaban J connectivity index is 2.53. The number of carboxylic acids is 1. The molecule has 1 heterocycles. The van der Waals surface area contributed by atoms with Crippen LogP contribution in [0, 0.1) is 0 Å². The van der Waals surface area contributed by atoms with Gasteiger partial charge in [-0.25, -0.2) is 4.79 Å². The predicted molar refractivity (Wildman–Crippen MR) is 42.0 cm³/mol. The number of methoxy groups -OCH3 is 1. The summed E-state index contributed by atoms with van der Waals surface area (Å²) in [5.74, 6) is -0.864. The zero-order chi connectivity index (χ0) is 9.03. The Morgan fingerprint density at radius 3 is 2.92 bits per heavy atom. The van der Waals surface area contributed by atoms with Crippen LogP contribution in [0.3, 0.4) is 0 Å². The second-order valence-electron chi connectivity index (χ2n) is 2.99. The summed E-state index contributed by atoms with van der Waals surface area (Å²) < 4.78 is 10.1. The topological polar surface area (TPSA) is 55.8 Å². The lowest BCUT2D eigenvalue weighted by Crippen LogP contribution is -2.38. The zero-order valence-electron chi connectivity index (χ0n) is 7.21. The molecule has 1 rings (SSSR count). The summed E-state index contributed by atoms with van der Waals surface area (Å²) in [5, 5.41) is 8.91. The molecule has 0 aromatic rings. The van der Waals surface area contributed by atoms with Gasteiger partial charge in [-0.05, 0) is 12.8 Å². The van der Waals surface area contributed by atoms with Crippen LogP contribution in [0.4, 0.5) is 0 Å². The number of hydrogen-bond acceptors (Lipinski definition) is 3. The molecule has 0 amide bonds. The van der Waals surface area contributed by atoms with Crippen molar-refractivity contribution < 1.29 is 19.4 Å². The van der Waals surface area contributed by atoms with Crippen molar-refractivity contribution in [1.82, 2.24) is 0 Å². The molecule has 1 fully saturated rings. The third-order valence-electron chi connectivity index (χ3n) is 2.20. The number of hydrogen-bond donors (Lipinski definition) is 1. The molecule has 0 aromatic heterocycles. The molecule has 1 atom stereocenters. The van der Waals surface area contributed by atoms with E-state index in [1.807, 2.05) is 0 Å². The Hall–Kier alpha value is -0.610. The zero-order valence-corrected chi connectivity index (χ0v) is 7.21. The second kappa shape index (κ2) is 3.87. The molecule has 1 unspecified atom stereocenters. The summed E-state index contributed by atoms with van der Waals surface area (Å²) in [5.41, 5.74) is -0.962. The predicted octanol–water partition coefficient (Wildman–Crippen LogP) is 0.657. The van der Waals surface area contributed by atoms with Crippen molar-refractivity contribution >= 4 is 5.97 Å². The summed E-state index contributed by atoms with van der Waals surface area (Å²) in [7, 11) is 1.56. The van der Waals surface area contributed by atoms with E-state index in [0.717, 1.165) is 6.42 Å². The first kappa shape index (κ1) is 9.48. The maximum Gasteiger partial charge on any atom is 0.336 e. The molecule has 70 valence electrons. The molecule has 4 heteroatoms. The summed E-state index contributed by atoms with van der Waals surface area (Å²) in [6, 6.07) is 0. The van der Waals surface area contributed by atoms with E-state index in [0.29, 0.717) is 26.1 Å². The second-order valence-corrected chi connectivity index (χ2v) is 2.99. The van der Waals surface area contributed by atoms with Crippen LogP contribution in [0.15, 0.2) is 0 Å².